The Bertz CT molecular complexity index is 840. The van der Waals surface area contributed by atoms with Gasteiger partial charge in [0.2, 0.25) is 0 Å². The predicted octanol–water partition coefficient (Wildman–Crippen LogP) is 5.54. The van der Waals surface area contributed by atoms with Crippen molar-refractivity contribution in [3.8, 4) is 11.5 Å². The van der Waals surface area contributed by atoms with Crippen LogP contribution in [0.5, 0.6) is 11.5 Å². The minimum atomic E-state index is -0.243. The maximum Gasteiger partial charge on any atom is 0.415 e. The Morgan fingerprint density at radius 1 is 0.839 bits per heavy atom. The Labute approximate surface area is 189 Å². The summed E-state index contributed by atoms with van der Waals surface area (Å²) in [4.78, 5) is 18.2. The Hall–Kier alpha value is -2.34. The summed E-state index contributed by atoms with van der Waals surface area (Å²) < 4.78 is 10.7. The van der Waals surface area contributed by atoms with Crippen molar-refractivity contribution < 1.29 is 14.3 Å². The highest BCUT2D eigenvalue weighted by Gasteiger charge is 2.31. The summed E-state index contributed by atoms with van der Waals surface area (Å²) in [6.45, 7) is 3.83. The van der Waals surface area contributed by atoms with E-state index in [1.165, 1.54) is 23.4 Å². The standard InChI is InChI=1S/C25H32N2O3S/c1-29-22-5-7-23(8-6-22)30-25(28)27-17-13-20(14-18-27)19-11-15-26(16-12-19)21-3-9-24(31-2)10-4-21/h3-10,19-20H,11-18H2,1-2H3. The molecule has 0 saturated carbocycles. The molecule has 2 aromatic rings. The minimum absolute atomic E-state index is 0.243. The fraction of sp³-hybridized carbons (Fsp3) is 0.480. The van der Waals surface area contributed by atoms with Gasteiger partial charge < -0.3 is 19.3 Å². The van der Waals surface area contributed by atoms with E-state index >= 15 is 0 Å². The largest absolute Gasteiger partial charge is 0.497 e. The van der Waals surface area contributed by atoms with E-state index in [4.69, 9.17) is 9.47 Å². The molecule has 2 fully saturated rings. The number of amides is 1. The molecular weight excluding hydrogens is 408 g/mol. The van der Waals surface area contributed by atoms with Gasteiger partial charge in [0.15, 0.2) is 0 Å². The molecule has 0 N–H and O–H groups in total. The number of hydrogen-bond donors (Lipinski definition) is 0. The zero-order valence-electron chi connectivity index (χ0n) is 18.5. The van der Waals surface area contributed by atoms with Crippen LogP contribution in [0, 0.1) is 11.8 Å². The van der Waals surface area contributed by atoms with Crippen molar-refractivity contribution >= 4 is 23.5 Å². The molecule has 2 heterocycles. The molecule has 0 unspecified atom stereocenters. The molecule has 31 heavy (non-hydrogen) atoms. The molecule has 0 atom stereocenters. The van der Waals surface area contributed by atoms with Crippen molar-refractivity contribution in [2.45, 2.75) is 30.6 Å². The molecule has 2 aliphatic heterocycles. The van der Waals surface area contributed by atoms with Gasteiger partial charge in [0, 0.05) is 36.8 Å². The fourth-order valence-electron chi connectivity index (χ4n) is 4.78. The number of hydrogen-bond acceptors (Lipinski definition) is 5. The van der Waals surface area contributed by atoms with Gasteiger partial charge in [0.1, 0.15) is 11.5 Å². The molecule has 5 nitrogen and oxygen atoms in total. The van der Waals surface area contributed by atoms with Crippen molar-refractivity contribution in [1.29, 1.82) is 0 Å². The lowest BCUT2D eigenvalue weighted by molar-refractivity contribution is 0.112. The third kappa shape index (κ3) is 5.48. The van der Waals surface area contributed by atoms with Gasteiger partial charge in [-0.05, 0) is 92.3 Å². The maximum atomic E-state index is 12.5. The summed E-state index contributed by atoms with van der Waals surface area (Å²) in [7, 11) is 1.62. The first-order valence-electron chi connectivity index (χ1n) is 11.2. The summed E-state index contributed by atoms with van der Waals surface area (Å²) in [6.07, 6.45) is 6.50. The fourth-order valence-corrected chi connectivity index (χ4v) is 5.19. The SMILES string of the molecule is COc1ccc(OC(=O)N2CCC(C3CCN(c4ccc(SC)cc4)CC3)CC2)cc1. The molecule has 2 aromatic carbocycles. The molecule has 0 aliphatic carbocycles. The molecule has 4 rings (SSSR count). The van der Waals surface area contributed by atoms with Gasteiger partial charge in [-0.1, -0.05) is 0 Å². The average molecular weight is 441 g/mol. The van der Waals surface area contributed by atoms with Crippen LogP contribution < -0.4 is 14.4 Å². The van der Waals surface area contributed by atoms with E-state index in [1.807, 2.05) is 4.90 Å². The lowest BCUT2D eigenvalue weighted by atomic mass is 9.79. The Kier molecular flexibility index (Phi) is 7.28. The van der Waals surface area contributed by atoms with Crippen LogP contribution in [0.2, 0.25) is 0 Å². The summed E-state index contributed by atoms with van der Waals surface area (Å²) in [5, 5.41) is 0. The quantitative estimate of drug-likeness (QED) is 0.571. The number of carbonyl (C=O) groups excluding carboxylic acids is 1. The zero-order chi connectivity index (χ0) is 21.6. The van der Waals surface area contributed by atoms with Crippen LogP contribution in [-0.2, 0) is 0 Å². The number of anilines is 1. The third-order valence-corrected chi connectivity index (χ3v) is 7.45. The van der Waals surface area contributed by atoms with Crippen LogP contribution in [0.4, 0.5) is 10.5 Å². The molecule has 1 amide bonds. The van der Waals surface area contributed by atoms with Crippen LogP contribution >= 0.6 is 11.8 Å². The highest BCUT2D eigenvalue weighted by atomic mass is 32.2. The first-order valence-corrected chi connectivity index (χ1v) is 12.4. The molecule has 0 bridgehead atoms. The van der Waals surface area contributed by atoms with Crippen LogP contribution in [-0.4, -0.2) is 50.5 Å². The Morgan fingerprint density at radius 2 is 1.39 bits per heavy atom. The van der Waals surface area contributed by atoms with E-state index in [1.54, 1.807) is 43.1 Å². The maximum absolute atomic E-state index is 12.5. The molecule has 6 heteroatoms. The van der Waals surface area contributed by atoms with E-state index in [2.05, 4.69) is 35.4 Å². The molecular formula is C25H32N2O3S. The highest BCUT2D eigenvalue weighted by Crippen LogP contribution is 2.34. The van der Waals surface area contributed by atoms with Crippen LogP contribution in [0.1, 0.15) is 25.7 Å². The van der Waals surface area contributed by atoms with Gasteiger partial charge in [0.05, 0.1) is 7.11 Å². The molecule has 0 aromatic heterocycles. The molecule has 0 spiro atoms. The van der Waals surface area contributed by atoms with E-state index in [0.29, 0.717) is 11.7 Å². The highest BCUT2D eigenvalue weighted by molar-refractivity contribution is 7.98. The van der Waals surface area contributed by atoms with Crippen LogP contribution in [0.15, 0.2) is 53.4 Å². The smallest absolute Gasteiger partial charge is 0.415 e. The second-order valence-electron chi connectivity index (χ2n) is 8.39. The van der Waals surface area contributed by atoms with Crippen molar-refractivity contribution in [2.75, 3.05) is 44.4 Å². The van der Waals surface area contributed by atoms with E-state index < -0.39 is 0 Å². The Morgan fingerprint density at radius 3 is 1.94 bits per heavy atom. The topological polar surface area (TPSA) is 42.0 Å². The number of ether oxygens (including phenoxy) is 2. The number of rotatable bonds is 5. The normalized spacial score (nSPS) is 18.1. The number of carbonyl (C=O) groups is 1. The van der Waals surface area contributed by atoms with Gasteiger partial charge in [-0.2, -0.15) is 0 Å². The lowest BCUT2D eigenvalue weighted by Crippen LogP contribution is -2.43. The van der Waals surface area contributed by atoms with Crippen LogP contribution in [0.3, 0.4) is 0 Å². The van der Waals surface area contributed by atoms with E-state index in [0.717, 1.165) is 50.7 Å². The van der Waals surface area contributed by atoms with Crippen molar-refractivity contribution in [1.82, 2.24) is 4.90 Å². The van der Waals surface area contributed by atoms with Gasteiger partial charge in [-0.15, -0.1) is 11.8 Å². The molecule has 166 valence electrons. The summed E-state index contributed by atoms with van der Waals surface area (Å²) in [5.74, 6) is 2.79. The summed E-state index contributed by atoms with van der Waals surface area (Å²) >= 11 is 1.79. The van der Waals surface area contributed by atoms with E-state index in [-0.39, 0.29) is 6.09 Å². The first-order chi connectivity index (χ1) is 15.2. The number of benzene rings is 2. The number of nitrogens with zero attached hydrogens (tertiary/aromatic N) is 2. The molecule has 0 radical (unpaired) electrons. The van der Waals surface area contributed by atoms with Gasteiger partial charge >= 0.3 is 6.09 Å². The van der Waals surface area contributed by atoms with Crippen molar-refractivity contribution in [2.24, 2.45) is 11.8 Å². The van der Waals surface area contributed by atoms with Gasteiger partial charge in [0.25, 0.3) is 0 Å². The van der Waals surface area contributed by atoms with Crippen molar-refractivity contribution in [3.63, 3.8) is 0 Å². The second kappa shape index (κ2) is 10.3. The van der Waals surface area contributed by atoms with Crippen LogP contribution in [0.25, 0.3) is 0 Å². The number of likely N-dealkylation sites (tertiary alicyclic amines) is 1. The van der Waals surface area contributed by atoms with Crippen molar-refractivity contribution in [3.05, 3.63) is 48.5 Å². The Balaban J connectivity index is 1.22. The number of piperidine rings is 2. The third-order valence-electron chi connectivity index (χ3n) is 6.71. The minimum Gasteiger partial charge on any atom is -0.497 e. The van der Waals surface area contributed by atoms with E-state index in [9.17, 15) is 4.79 Å². The van der Waals surface area contributed by atoms with Gasteiger partial charge in [-0.3, -0.25) is 0 Å². The van der Waals surface area contributed by atoms with Gasteiger partial charge in [-0.25, -0.2) is 4.79 Å². The molecule has 2 aliphatic rings. The zero-order valence-corrected chi connectivity index (χ0v) is 19.3. The predicted molar refractivity (Wildman–Crippen MR) is 126 cm³/mol. The monoisotopic (exact) mass is 440 g/mol. The number of thioether (sulfide) groups is 1. The average Bonchev–Trinajstić information content (AvgIpc) is 2.85. The summed E-state index contributed by atoms with van der Waals surface area (Å²) in [5.41, 5.74) is 1.34. The number of methoxy groups -OCH3 is 1. The second-order valence-corrected chi connectivity index (χ2v) is 9.27. The molecule has 2 saturated heterocycles. The summed E-state index contributed by atoms with van der Waals surface area (Å²) in [6, 6.07) is 16.1. The first kappa shape index (κ1) is 21.9. The lowest BCUT2D eigenvalue weighted by Gasteiger charge is -2.40.